The van der Waals surface area contributed by atoms with Crippen molar-refractivity contribution in [2.24, 2.45) is 0 Å². The largest absolute Gasteiger partial charge is 0.477 e. The van der Waals surface area contributed by atoms with Gasteiger partial charge in [-0.05, 0) is 73.7 Å². The first-order valence-corrected chi connectivity index (χ1v) is 10.7. The third-order valence-corrected chi connectivity index (χ3v) is 5.77. The first-order chi connectivity index (χ1) is 16.3. The molecule has 1 aromatic heterocycles. The molecule has 4 rings (SSSR count). The van der Waals surface area contributed by atoms with Crippen LogP contribution >= 0.6 is 0 Å². The second kappa shape index (κ2) is 9.09. The van der Waals surface area contributed by atoms with Crippen molar-refractivity contribution in [1.82, 2.24) is 0 Å². The molecule has 34 heavy (non-hydrogen) atoms. The molecule has 0 atom stereocenters. The number of carbonyl (C=O) groups is 1. The van der Waals surface area contributed by atoms with Crippen molar-refractivity contribution in [2.75, 3.05) is 11.4 Å². The molecule has 0 amide bonds. The van der Waals surface area contributed by atoms with Gasteiger partial charge in [0.15, 0.2) is 0 Å². The van der Waals surface area contributed by atoms with Crippen molar-refractivity contribution in [3.63, 3.8) is 0 Å². The first-order valence-electron chi connectivity index (χ1n) is 10.7. The van der Waals surface area contributed by atoms with E-state index in [1.165, 1.54) is 12.2 Å². The molecule has 3 aromatic rings. The number of nitrogens with zero attached hydrogens (tertiary/aromatic N) is 3. The third kappa shape index (κ3) is 4.20. The highest BCUT2D eigenvalue weighted by molar-refractivity contribution is 5.93. The van der Waals surface area contributed by atoms with Crippen molar-refractivity contribution >= 4 is 34.4 Å². The molecule has 168 valence electrons. The Hall–Kier alpha value is -4.62. The molecule has 0 spiro atoms. The average molecular weight is 451 g/mol. The SMILES string of the molecule is Cc1cc(C)cc(N2CCCc3cc4c(C#N)c(C=CC=C(C#N)C(=O)O)c(=O)oc4cc32)c1. The number of carboxylic acids is 1. The van der Waals surface area contributed by atoms with Crippen molar-refractivity contribution < 1.29 is 14.3 Å². The summed E-state index contributed by atoms with van der Waals surface area (Å²) in [6.07, 6.45) is 5.39. The molecular formula is C27H21N3O4. The average Bonchev–Trinajstić information content (AvgIpc) is 2.79. The Kier molecular flexibility index (Phi) is 6.03. The Balaban J connectivity index is 1.86. The number of aliphatic carboxylic acids is 1. The molecule has 1 aliphatic rings. The fourth-order valence-corrected chi connectivity index (χ4v) is 4.34. The number of hydrogen-bond donors (Lipinski definition) is 1. The van der Waals surface area contributed by atoms with Gasteiger partial charge >= 0.3 is 11.6 Å². The minimum Gasteiger partial charge on any atom is -0.477 e. The second-order valence-corrected chi connectivity index (χ2v) is 8.22. The number of hydrogen-bond acceptors (Lipinski definition) is 6. The van der Waals surface area contributed by atoms with Crippen molar-refractivity contribution in [2.45, 2.75) is 26.7 Å². The maximum absolute atomic E-state index is 12.7. The highest BCUT2D eigenvalue weighted by Gasteiger charge is 2.22. The van der Waals surface area contributed by atoms with Crippen LogP contribution in [-0.2, 0) is 11.2 Å². The number of allylic oxidation sites excluding steroid dienone is 2. The summed E-state index contributed by atoms with van der Waals surface area (Å²) in [6, 6.07) is 13.7. The molecule has 7 heteroatoms. The molecule has 2 heterocycles. The lowest BCUT2D eigenvalue weighted by Gasteiger charge is -2.32. The predicted molar refractivity (Wildman–Crippen MR) is 129 cm³/mol. The molecule has 0 bridgehead atoms. The zero-order valence-corrected chi connectivity index (χ0v) is 18.8. The molecule has 0 saturated carbocycles. The summed E-state index contributed by atoms with van der Waals surface area (Å²) in [5, 5.41) is 28.2. The third-order valence-electron chi connectivity index (χ3n) is 5.77. The molecule has 0 saturated heterocycles. The van der Waals surface area contributed by atoms with Gasteiger partial charge < -0.3 is 14.4 Å². The van der Waals surface area contributed by atoms with Crippen LogP contribution in [0.5, 0.6) is 0 Å². The molecule has 0 aliphatic carbocycles. The van der Waals surface area contributed by atoms with E-state index < -0.39 is 17.2 Å². The molecule has 1 aliphatic heterocycles. The minimum absolute atomic E-state index is 0.0100. The first kappa shape index (κ1) is 22.6. The summed E-state index contributed by atoms with van der Waals surface area (Å²) >= 11 is 0. The fourth-order valence-electron chi connectivity index (χ4n) is 4.34. The monoisotopic (exact) mass is 451 g/mol. The summed E-state index contributed by atoms with van der Waals surface area (Å²) in [6.45, 7) is 4.94. The van der Waals surface area contributed by atoms with Crippen molar-refractivity contribution in [1.29, 1.82) is 10.5 Å². The normalized spacial score (nSPS) is 13.5. The van der Waals surface area contributed by atoms with E-state index in [-0.39, 0.29) is 11.1 Å². The maximum Gasteiger partial charge on any atom is 0.346 e. The number of benzene rings is 2. The van der Waals surface area contributed by atoms with Gasteiger partial charge in [0.05, 0.1) is 11.1 Å². The standard InChI is InChI=1S/C27H21N3O4/c1-16-9-17(2)11-20(10-16)30-8-4-6-18-12-22-23(15-29)21(7-3-5-19(14-28)26(31)32)27(33)34-25(22)13-24(18)30/h3,5,7,9-13H,4,6,8H2,1-2H3,(H,31,32). The highest BCUT2D eigenvalue weighted by atomic mass is 16.4. The van der Waals surface area contributed by atoms with Gasteiger partial charge in [-0.3, -0.25) is 0 Å². The van der Waals surface area contributed by atoms with E-state index in [2.05, 4.69) is 43.0 Å². The van der Waals surface area contributed by atoms with Crippen LogP contribution in [-0.4, -0.2) is 17.6 Å². The van der Waals surface area contributed by atoms with E-state index in [9.17, 15) is 14.9 Å². The van der Waals surface area contributed by atoms with Gasteiger partial charge in [-0.25, -0.2) is 9.59 Å². The quantitative estimate of drug-likeness (QED) is 0.259. The molecule has 0 fully saturated rings. The summed E-state index contributed by atoms with van der Waals surface area (Å²) in [4.78, 5) is 25.9. The van der Waals surface area contributed by atoms with Crippen LogP contribution in [0.1, 0.15) is 34.2 Å². The number of carboxylic acid groups (broad SMARTS) is 1. The van der Waals surface area contributed by atoms with Crippen LogP contribution < -0.4 is 10.5 Å². The molecule has 7 nitrogen and oxygen atoms in total. The topological polar surface area (TPSA) is 118 Å². The lowest BCUT2D eigenvalue weighted by atomic mass is 9.95. The van der Waals surface area contributed by atoms with Crippen LogP contribution in [0.15, 0.2) is 57.3 Å². The van der Waals surface area contributed by atoms with E-state index >= 15 is 0 Å². The maximum atomic E-state index is 12.7. The summed E-state index contributed by atoms with van der Waals surface area (Å²) < 4.78 is 5.58. The van der Waals surface area contributed by atoms with E-state index in [4.69, 9.17) is 14.8 Å². The highest BCUT2D eigenvalue weighted by Crippen LogP contribution is 2.37. The second-order valence-electron chi connectivity index (χ2n) is 8.22. The van der Waals surface area contributed by atoms with Crippen LogP contribution in [0.2, 0.25) is 0 Å². The molecule has 0 unspecified atom stereocenters. The number of nitriles is 2. The number of rotatable bonds is 4. The van der Waals surface area contributed by atoms with Gasteiger partial charge in [-0.2, -0.15) is 10.5 Å². The molecular weight excluding hydrogens is 430 g/mol. The number of anilines is 2. The van der Waals surface area contributed by atoms with Crippen molar-refractivity contribution in [3.8, 4) is 12.1 Å². The molecule has 2 aromatic carbocycles. The van der Waals surface area contributed by atoms with Crippen LogP contribution in [0.4, 0.5) is 11.4 Å². The number of fused-ring (bicyclic) bond motifs is 2. The zero-order valence-electron chi connectivity index (χ0n) is 18.8. The predicted octanol–water partition coefficient (Wildman–Crippen LogP) is 4.91. The number of aryl methyl sites for hydroxylation is 3. The van der Waals surface area contributed by atoms with Gasteiger partial charge in [0.2, 0.25) is 0 Å². The van der Waals surface area contributed by atoms with E-state index in [0.717, 1.165) is 53.5 Å². The van der Waals surface area contributed by atoms with Crippen LogP contribution in [0.25, 0.3) is 17.0 Å². The van der Waals surface area contributed by atoms with Gasteiger partial charge in [-0.15, -0.1) is 0 Å². The van der Waals surface area contributed by atoms with Gasteiger partial charge in [-0.1, -0.05) is 12.1 Å². The summed E-state index contributed by atoms with van der Waals surface area (Å²) in [7, 11) is 0. The van der Waals surface area contributed by atoms with Crippen LogP contribution in [0.3, 0.4) is 0 Å². The lowest BCUT2D eigenvalue weighted by molar-refractivity contribution is -0.132. The molecule has 1 N–H and O–H groups in total. The van der Waals surface area contributed by atoms with E-state index in [1.54, 1.807) is 6.07 Å². The smallest absolute Gasteiger partial charge is 0.346 e. The summed E-state index contributed by atoms with van der Waals surface area (Å²) in [5.41, 5.74) is 4.66. The zero-order chi connectivity index (χ0) is 24.4. The Labute approximate surface area is 196 Å². The Morgan fingerprint density at radius 1 is 1.15 bits per heavy atom. The van der Waals surface area contributed by atoms with E-state index in [1.807, 2.05) is 12.1 Å². The van der Waals surface area contributed by atoms with Gasteiger partial charge in [0.25, 0.3) is 0 Å². The molecule has 0 radical (unpaired) electrons. The van der Waals surface area contributed by atoms with Crippen molar-refractivity contribution in [3.05, 3.63) is 86.3 Å². The van der Waals surface area contributed by atoms with Gasteiger partial charge in [0.1, 0.15) is 23.3 Å². The Morgan fingerprint density at radius 3 is 2.53 bits per heavy atom. The summed E-state index contributed by atoms with van der Waals surface area (Å²) in [5.74, 6) is -1.38. The van der Waals surface area contributed by atoms with Gasteiger partial charge in [0, 0.05) is 29.4 Å². The van der Waals surface area contributed by atoms with Crippen LogP contribution in [0, 0.1) is 36.5 Å². The Bertz CT molecular complexity index is 1510. The minimum atomic E-state index is -1.38. The lowest BCUT2D eigenvalue weighted by Crippen LogP contribution is -2.24. The Morgan fingerprint density at radius 2 is 1.88 bits per heavy atom. The fraction of sp³-hybridized carbons (Fsp3) is 0.185. The van der Waals surface area contributed by atoms with E-state index in [0.29, 0.717) is 11.0 Å².